The van der Waals surface area contributed by atoms with Gasteiger partial charge in [0.2, 0.25) is 5.16 Å². The van der Waals surface area contributed by atoms with Crippen LogP contribution in [0.3, 0.4) is 0 Å². The molecular weight excluding hydrogens is 353 g/mol. The topological polar surface area (TPSA) is 82.8 Å². The predicted octanol–water partition coefficient (Wildman–Crippen LogP) is 3.66. The van der Waals surface area contributed by atoms with E-state index in [2.05, 4.69) is 15.2 Å². The van der Waals surface area contributed by atoms with Gasteiger partial charge in [0, 0.05) is 12.2 Å². The minimum absolute atomic E-state index is 0.310. The zero-order valence-corrected chi connectivity index (χ0v) is 14.6. The summed E-state index contributed by atoms with van der Waals surface area (Å²) >= 11 is 1.47. The minimum atomic E-state index is -0.376. The number of fused-ring (bicyclic) bond motifs is 1. The summed E-state index contributed by atoms with van der Waals surface area (Å²) in [5, 5.41) is 8.61. The fourth-order valence-corrected chi connectivity index (χ4v) is 3.41. The number of hydrogen-bond acceptors (Lipinski definition) is 6. The summed E-state index contributed by atoms with van der Waals surface area (Å²) in [7, 11) is 0. The molecule has 0 aliphatic heterocycles. The Morgan fingerprint density at radius 3 is 2.73 bits per heavy atom. The molecule has 0 unspecified atom stereocenters. The first-order valence-electron chi connectivity index (χ1n) is 8.15. The molecule has 2 N–H and O–H groups in total. The molecule has 0 fully saturated rings. The van der Waals surface area contributed by atoms with E-state index in [1.54, 1.807) is 18.2 Å². The maximum absolute atomic E-state index is 13.9. The van der Waals surface area contributed by atoms with Crippen molar-refractivity contribution in [2.24, 2.45) is 0 Å². The number of benzene rings is 2. The van der Waals surface area contributed by atoms with Gasteiger partial charge in [-0.2, -0.15) is 0 Å². The predicted molar refractivity (Wildman–Crippen MR) is 98.6 cm³/mol. The molecule has 26 heavy (non-hydrogen) atoms. The molecule has 4 aromatic rings. The molecule has 8 heteroatoms. The van der Waals surface area contributed by atoms with Crippen molar-refractivity contribution in [2.75, 3.05) is 11.6 Å². The standard InChI is InChI=1S/C18H16FN5OS/c19-13-7-2-1-6-12(13)17-22-23-18(24(17)20)26-11-5-10-16-21-14-8-3-4-9-15(14)25-16/h1-4,6-9H,5,10-11,20H2. The second kappa shape index (κ2) is 7.17. The summed E-state index contributed by atoms with van der Waals surface area (Å²) in [6, 6.07) is 14.1. The van der Waals surface area contributed by atoms with Gasteiger partial charge in [-0.1, -0.05) is 36.0 Å². The van der Waals surface area contributed by atoms with Gasteiger partial charge in [-0.15, -0.1) is 10.2 Å². The van der Waals surface area contributed by atoms with Gasteiger partial charge in [0.1, 0.15) is 11.3 Å². The molecule has 0 spiro atoms. The van der Waals surface area contributed by atoms with E-state index in [9.17, 15) is 4.39 Å². The second-order valence-electron chi connectivity index (χ2n) is 5.68. The summed E-state index contributed by atoms with van der Waals surface area (Å²) in [4.78, 5) is 4.45. The number of halogens is 1. The van der Waals surface area contributed by atoms with Crippen molar-refractivity contribution in [1.82, 2.24) is 19.9 Å². The van der Waals surface area contributed by atoms with Crippen LogP contribution in [0, 0.1) is 5.82 Å². The van der Waals surface area contributed by atoms with E-state index in [-0.39, 0.29) is 5.82 Å². The number of nitrogens with two attached hydrogens (primary N) is 1. The van der Waals surface area contributed by atoms with Crippen LogP contribution in [0.4, 0.5) is 4.39 Å². The third-order valence-electron chi connectivity index (χ3n) is 3.88. The molecule has 0 amide bonds. The van der Waals surface area contributed by atoms with Crippen LogP contribution < -0.4 is 5.84 Å². The highest BCUT2D eigenvalue weighted by molar-refractivity contribution is 7.99. The molecule has 0 bridgehead atoms. The summed E-state index contributed by atoms with van der Waals surface area (Å²) in [5.41, 5.74) is 2.00. The van der Waals surface area contributed by atoms with E-state index >= 15 is 0 Å². The second-order valence-corrected chi connectivity index (χ2v) is 6.75. The lowest BCUT2D eigenvalue weighted by molar-refractivity contribution is 0.526. The van der Waals surface area contributed by atoms with E-state index in [1.807, 2.05) is 24.3 Å². The number of thioether (sulfide) groups is 1. The zero-order valence-electron chi connectivity index (χ0n) is 13.8. The Labute approximate surface area is 153 Å². The summed E-state index contributed by atoms with van der Waals surface area (Å²) in [6.07, 6.45) is 1.57. The lowest BCUT2D eigenvalue weighted by Gasteiger charge is -2.04. The average Bonchev–Trinajstić information content (AvgIpc) is 3.22. The Morgan fingerprint density at radius 2 is 1.88 bits per heavy atom. The van der Waals surface area contributed by atoms with Crippen LogP contribution >= 0.6 is 11.8 Å². The Kier molecular flexibility index (Phi) is 4.57. The van der Waals surface area contributed by atoms with Gasteiger partial charge in [-0.25, -0.2) is 14.1 Å². The van der Waals surface area contributed by atoms with E-state index in [0.29, 0.717) is 22.4 Å². The first kappa shape index (κ1) is 16.6. The number of rotatable bonds is 6. The van der Waals surface area contributed by atoms with Crippen molar-refractivity contribution in [3.8, 4) is 11.4 Å². The normalized spacial score (nSPS) is 11.3. The highest BCUT2D eigenvalue weighted by Crippen LogP contribution is 2.24. The average molecular weight is 369 g/mol. The number of hydrogen-bond donors (Lipinski definition) is 1. The molecule has 0 aliphatic carbocycles. The summed E-state index contributed by atoms with van der Waals surface area (Å²) < 4.78 is 20.9. The SMILES string of the molecule is Nn1c(SCCCc2nc3ccccc3o2)nnc1-c1ccccc1F. The van der Waals surface area contributed by atoms with Crippen molar-refractivity contribution in [3.05, 3.63) is 60.2 Å². The molecule has 2 aromatic heterocycles. The molecule has 0 saturated heterocycles. The molecule has 4 rings (SSSR count). The lowest BCUT2D eigenvalue weighted by atomic mass is 10.2. The molecule has 2 heterocycles. The number of aromatic nitrogens is 4. The van der Waals surface area contributed by atoms with Gasteiger partial charge in [-0.05, 0) is 30.7 Å². The van der Waals surface area contributed by atoms with Gasteiger partial charge in [0.05, 0.1) is 5.56 Å². The lowest BCUT2D eigenvalue weighted by Crippen LogP contribution is -2.12. The number of oxazole rings is 1. The maximum atomic E-state index is 13.9. The number of nitrogen functional groups attached to an aromatic ring is 1. The first-order chi connectivity index (χ1) is 12.7. The van der Waals surface area contributed by atoms with Gasteiger partial charge in [0.25, 0.3) is 0 Å². The van der Waals surface area contributed by atoms with E-state index < -0.39 is 0 Å². The fourth-order valence-electron chi connectivity index (χ4n) is 2.62. The molecule has 132 valence electrons. The summed E-state index contributed by atoms with van der Waals surface area (Å²) in [5.74, 6) is 7.44. The maximum Gasteiger partial charge on any atom is 0.210 e. The Bertz CT molecular complexity index is 1010. The van der Waals surface area contributed by atoms with Crippen molar-refractivity contribution in [2.45, 2.75) is 18.0 Å². The first-order valence-corrected chi connectivity index (χ1v) is 9.13. The van der Waals surface area contributed by atoms with Crippen LogP contribution in [-0.4, -0.2) is 25.6 Å². The van der Waals surface area contributed by atoms with Gasteiger partial charge < -0.3 is 10.3 Å². The monoisotopic (exact) mass is 369 g/mol. The third-order valence-corrected chi connectivity index (χ3v) is 4.91. The molecule has 2 aromatic carbocycles. The zero-order chi connectivity index (χ0) is 17.9. The number of aryl methyl sites for hydroxylation is 1. The van der Waals surface area contributed by atoms with Crippen molar-refractivity contribution < 1.29 is 8.81 Å². The van der Waals surface area contributed by atoms with Crippen molar-refractivity contribution >= 4 is 22.9 Å². The molecule has 0 aliphatic rings. The highest BCUT2D eigenvalue weighted by atomic mass is 32.2. The van der Waals surface area contributed by atoms with Crippen LogP contribution in [0.25, 0.3) is 22.5 Å². The van der Waals surface area contributed by atoms with Gasteiger partial charge in [0.15, 0.2) is 17.3 Å². The van der Waals surface area contributed by atoms with Crippen LogP contribution in [0.15, 0.2) is 58.1 Å². The Hall–Kier alpha value is -2.87. The van der Waals surface area contributed by atoms with Crippen molar-refractivity contribution in [1.29, 1.82) is 0 Å². The molecule has 0 saturated carbocycles. The van der Waals surface area contributed by atoms with Crippen LogP contribution in [0.5, 0.6) is 0 Å². The largest absolute Gasteiger partial charge is 0.441 e. The number of nitrogens with zero attached hydrogens (tertiary/aromatic N) is 4. The van der Waals surface area contributed by atoms with Crippen LogP contribution in [0.1, 0.15) is 12.3 Å². The Balaban J connectivity index is 1.37. The molecular formula is C18H16FN5OS. The van der Waals surface area contributed by atoms with Crippen molar-refractivity contribution in [3.63, 3.8) is 0 Å². The number of para-hydroxylation sites is 2. The van der Waals surface area contributed by atoms with Crippen LogP contribution in [-0.2, 0) is 6.42 Å². The molecule has 0 atom stereocenters. The smallest absolute Gasteiger partial charge is 0.210 e. The quantitative estimate of drug-likeness (QED) is 0.317. The highest BCUT2D eigenvalue weighted by Gasteiger charge is 2.15. The summed E-state index contributed by atoms with van der Waals surface area (Å²) in [6.45, 7) is 0. The molecule has 6 nitrogen and oxygen atoms in total. The van der Waals surface area contributed by atoms with Crippen LogP contribution in [0.2, 0.25) is 0 Å². The third kappa shape index (κ3) is 3.28. The van der Waals surface area contributed by atoms with Gasteiger partial charge in [-0.3, -0.25) is 0 Å². The van der Waals surface area contributed by atoms with Gasteiger partial charge >= 0.3 is 0 Å². The van der Waals surface area contributed by atoms with E-state index in [4.69, 9.17) is 10.3 Å². The fraction of sp³-hybridized carbons (Fsp3) is 0.167. The van der Waals surface area contributed by atoms with E-state index in [1.165, 1.54) is 22.5 Å². The van der Waals surface area contributed by atoms with E-state index in [0.717, 1.165) is 29.7 Å². The molecule has 0 radical (unpaired) electrons. The minimum Gasteiger partial charge on any atom is -0.441 e. The Morgan fingerprint density at radius 1 is 1.08 bits per heavy atom.